The van der Waals surface area contributed by atoms with Crippen LogP contribution in [-0.4, -0.2) is 15.9 Å². The first-order valence-corrected chi connectivity index (χ1v) is 19.7. The molecule has 56 heavy (non-hydrogen) atoms. The van der Waals surface area contributed by atoms with E-state index in [1.165, 1.54) is 33.4 Å². The van der Waals surface area contributed by atoms with E-state index in [1.54, 1.807) is 0 Å². The van der Waals surface area contributed by atoms with Gasteiger partial charge in [0.2, 0.25) is 0 Å². The molecule has 314 valence electrons. The molecule has 4 rings (SSSR count). The SMILES string of the molecule is CC(/C=C(/C)[N-]c1c(C)cccc1C)=Nc1c(C)cccc1C.Cc1cc(C(C)(C)C)c(O)c(C(C)(C)C)c1.Cc1cc(C(C)(C)C)c(O)c(C(C)(C)C)c1.[Yb]. The second kappa shape index (κ2) is 20.3. The zero-order valence-corrected chi connectivity index (χ0v) is 40.1. The summed E-state index contributed by atoms with van der Waals surface area (Å²) in [6.07, 6.45) is 2.04. The Balaban J connectivity index is 0.000000428. The third kappa shape index (κ3) is 14.9. The summed E-state index contributed by atoms with van der Waals surface area (Å²) in [6, 6.07) is 20.9. The molecule has 0 atom stereocenters. The van der Waals surface area contributed by atoms with Gasteiger partial charge in [-0.3, -0.25) is 4.99 Å². The zero-order valence-electron chi connectivity index (χ0n) is 38.4. The van der Waals surface area contributed by atoms with Crippen molar-refractivity contribution in [3.63, 3.8) is 0 Å². The fourth-order valence-electron chi connectivity index (χ4n) is 6.53. The van der Waals surface area contributed by atoms with Crippen LogP contribution in [0.25, 0.3) is 5.32 Å². The number of hydrogen-bond donors (Lipinski definition) is 2. The average Bonchev–Trinajstić information content (AvgIpc) is 3.01. The Kier molecular flexibility index (Phi) is 18.5. The smallest absolute Gasteiger partial charge is 0.123 e. The number of para-hydroxylation sites is 2. The summed E-state index contributed by atoms with van der Waals surface area (Å²) in [5.74, 6) is 0.927. The molecule has 2 N–H and O–H groups in total. The quantitative estimate of drug-likeness (QED) is 0.200. The molecule has 0 radical (unpaired) electrons. The van der Waals surface area contributed by atoms with Crippen LogP contribution < -0.4 is 0 Å². The second-order valence-electron chi connectivity index (χ2n) is 19.5. The van der Waals surface area contributed by atoms with Gasteiger partial charge < -0.3 is 15.5 Å². The summed E-state index contributed by atoms with van der Waals surface area (Å²) in [4.78, 5) is 4.76. The predicted octanol–water partition coefficient (Wildman–Crippen LogP) is 15.2. The fourth-order valence-corrected chi connectivity index (χ4v) is 6.53. The Morgan fingerprint density at radius 3 is 1.09 bits per heavy atom. The van der Waals surface area contributed by atoms with E-state index < -0.39 is 0 Å². The molecule has 0 aliphatic heterocycles. The summed E-state index contributed by atoms with van der Waals surface area (Å²) in [7, 11) is 0. The van der Waals surface area contributed by atoms with Crippen molar-refractivity contribution >= 4 is 17.1 Å². The third-order valence-corrected chi connectivity index (χ3v) is 9.61. The molecule has 0 amide bonds. The Labute approximate surface area is 381 Å². The van der Waals surface area contributed by atoms with Crippen molar-refractivity contribution in [2.24, 2.45) is 4.99 Å². The van der Waals surface area contributed by atoms with Gasteiger partial charge in [-0.25, -0.2) is 0 Å². The van der Waals surface area contributed by atoms with Gasteiger partial charge in [-0.2, -0.15) is 5.70 Å². The Bertz CT molecular complexity index is 1820. The minimum Gasteiger partial charge on any atom is -0.661 e. The monoisotopic (exact) mass is 920 g/mol. The van der Waals surface area contributed by atoms with Crippen molar-refractivity contribution in [2.75, 3.05) is 0 Å². The number of hydrogen-bond acceptors (Lipinski definition) is 3. The van der Waals surface area contributed by atoms with E-state index in [0.717, 1.165) is 45.0 Å². The van der Waals surface area contributed by atoms with Gasteiger partial charge in [-0.05, 0) is 104 Å². The maximum absolute atomic E-state index is 10.4. The van der Waals surface area contributed by atoms with Crippen molar-refractivity contribution in [1.82, 2.24) is 0 Å². The number of rotatable bonds is 4. The molecule has 0 aromatic heterocycles. The zero-order chi connectivity index (χ0) is 42.4. The van der Waals surface area contributed by atoms with Gasteiger partial charge in [0.15, 0.2) is 0 Å². The predicted molar refractivity (Wildman–Crippen MR) is 242 cm³/mol. The Morgan fingerprint density at radius 2 is 0.804 bits per heavy atom. The van der Waals surface area contributed by atoms with Crippen LogP contribution in [0.1, 0.15) is 153 Å². The van der Waals surface area contributed by atoms with E-state index in [4.69, 9.17) is 10.3 Å². The summed E-state index contributed by atoms with van der Waals surface area (Å²) >= 11 is 0. The number of aryl methyl sites for hydroxylation is 6. The van der Waals surface area contributed by atoms with Crippen LogP contribution in [0.2, 0.25) is 0 Å². The van der Waals surface area contributed by atoms with Gasteiger partial charge in [0, 0.05) is 52.6 Å². The third-order valence-electron chi connectivity index (χ3n) is 9.61. The van der Waals surface area contributed by atoms with Crippen LogP contribution in [0.15, 0.2) is 77.4 Å². The van der Waals surface area contributed by atoms with E-state index in [2.05, 4.69) is 185 Å². The molecule has 0 spiro atoms. The summed E-state index contributed by atoms with van der Waals surface area (Å²) < 4.78 is 0. The number of aliphatic imine (C=N–C) groups is 1. The number of phenolic OH excluding ortho intramolecular Hbond substituents is 2. The summed E-state index contributed by atoms with van der Waals surface area (Å²) in [6.45, 7) is 42.2. The van der Waals surface area contributed by atoms with Gasteiger partial charge in [0.1, 0.15) is 11.5 Å². The van der Waals surface area contributed by atoms with Gasteiger partial charge in [0.25, 0.3) is 0 Å². The molecule has 0 saturated carbocycles. The average molecular weight is 919 g/mol. The molecule has 0 saturated heterocycles. The van der Waals surface area contributed by atoms with E-state index in [-0.39, 0.29) is 68.6 Å². The summed E-state index contributed by atoms with van der Waals surface area (Å²) in [5.41, 5.74) is 15.4. The minimum atomic E-state index is -0.0178. The van der Waals surface area contributed by atoms with Crippen molar-refractivity contribution in [3.05, 3.63) is 133 Å². The molecule has 0 unspecified atom stereocenters. The molecule has 0 aliphatic carbocycles. The number of phenols is 2. The van der Waals surface area contributed by atoms with E-state index in [0.29, 0.717) is 11.5 Å². The largest absolute Gasteiger partial charge is 0.661 e. The normalized spacial score (nSPS) is 12.5. The van der Waals surface area contributed by atoms with E-state index >= 15 is 0 Å². The molecule has 4 nitrogen and oxygen atoms in total. The van der Waals surface area contributed by atoms with Gasteiger partial charge in [-0.15, -0.1) is 5.69 Å². The summed E-state index contributed by atoms with van der Waals surface area (Å²) in [5, 5.41) is 25.5. The molecular weight excluding hydrogens is 846 g/mol. The number of allylic oxidation sites excluding steroid dienone is 2. The van der Waals surface area contributed by atoms with E-state index in [1.807, 2.05) is 19.9 Å². The van der Waals surface area contributed by atoms with Gasteiger partial charge >= 0.3 is 0 Å². The van der Waals surface area contributed by atoms with Crippen molar-refractivity contribution in [3.8, 4) is 11.5 Å². The van der Waals surface area contributed by atoms with Crippen LogP contribution in [0.4, 0.5) is 11.4 Å². The second-order valence-corrected chi connectivity index (χ2v) is 19.5. The van der Waals surface area contributed by atoms with Crippen LogP contribution in [0.5, 0.6) is 11.5 Å². The molecular formula is C51H73N2O2Yb-. The molecule has 0 heterocycles. The van der Waals surface area contributed by atoms with Gasteiger partial charge in [0.05, 0.1) is 5.69 Å². The standard InChI is InChI=1S/C21H25N2.2C15H24O.Yb/c1-14-9-7-10-15(2)20(14)22-18(5)13-19(6)23-21-16(3)11-8-12-17(21)4;2*1-10-8-11(14(2,3)4)13(16)12(9-10)15(5,6)7;/h7-13H,1-6H3;2*8-9,16H,1-7H3;/q-1;;;/b18-13-,23-19?;;;. The van der Waals surface area contributed by atoms with Crippen LogP contribution in [-0.2, 0) is 21.7 Å². The first-order chi connectivity index (χ1) is 24.9. The van der Waals surface area contributed by atoms with E-state index in [9.17, 15) is 10.2 Å². The maximum Gasteiger partial charge on any atom is 0.123 e. The fraction of sp³-hybridized carbons (Fsp3) is 0.471. The molecule has 5 heteroatoms. The first-order valence-electron chi connectivity index (χ1n) is 19.7. The Hall–Kier alpha value is -2.79. The number of nitrogens with zero attached hydrogens (tertiary/aromatic N) is 2. The molecule has 4 aromatic rings. The van der Waals surface area contributed by atoms with Crippen molar-refractivity contribution in [1.29, 1.82) is 0 Å². The molecule has 0 aliphatic rings. The maximum atomic E-state index is 10.4. The minimum absolute atomic E-state index is 0. The van der Waals surface area contributed by atoms with Crippen LogP contribution in [0.3, 0.4) is 0 Å². The molecule has 0 fully saturated rings. The molecule has 4 aromatic carbocycles. The number of aromatic hydroxyl groups is 2. The number of benzene rings is 4. The first kappa shape index (κ1) is 51.2. The van der Waals surface area contributed by atoms with Crippen molar-refractivity contribution < 1.29 is 57.1 Å². The molecule has 0 bridgehead atoms. The van der Waals surface area contributed by atoms with Gasteiger partial charge in [-0.1, -0.05) is 179 Å². The topological polar surface area (TPSA) is 66.9 Å². The Morgan fingerprint density at radius 1 is 0.518 bits per heavy atom. The van der Waals surface area contributed by atoms with Crippen LogP contribution >= 0.6 is 0 Å². The van der Waals surface area contributed by atoms with Crippen LogP contribution in [0, 0.1) is 88.5 Å². The van der Waals surface area contributed by atoms with Crippen molar-refractivity contribution in [2.45, 2.75) is 160 Å².